The number of methoxy groups -OCH3 is 1. The van der Waals surface area contributed by atoms with E-state index in [1.165, 1.54) is 0 Å². The van der Waals surface area contributed by atoms with Crippen LogP contribution in [0.2, 0.25) is 0 Å². The number of oxime groups is 2. The molecule has 0 saturated heterocycles. The topological polar surface area (TPSA) is 69.5 Å². The smallest absolute Gasteiger partial charge is 0.381 e. The molecule has 2 rings (SSSR count). The molecule has 1 heterocycles. The summed E-state index contributed by atoms with van der Waals surface area (Å²) in [4.78, 5) is 22.7. The molecule has 0 amide bonds. The summed E-state index contributed by atoms with van der Waals surface area (Å²) in [5.41, 5.74) is 0.974. The molecule has 0 fully saturated rings. The highest BCUT2D eigenvalue weighted by atomic mass is 16.7. The van der Waals surface area contributed by atoms with Crippen molar-refractivity contribution in [2.45, 2.75) is 46.6 Å². The molecule has 6 heteroatoms. The summed E-state index contributed by atoms with van der Waals surface area (Å²) in [7, 11) is 1.61. The molecule has 6 nitrogen and oxygen atoms in total. The Morgan fingerprint density at radius 3 is 2.42 bits per heavy atom. The highest BCUT2D eigenvalue weighted by Gasteiger charge is 2.46. The zero-order valence-electron chi connectivity index (χ0n) is 15.0. The summed E-state index contributed by atoms with van der Waals surface area (Å²) in [6.07, 6.45) is 0.395. The average Bonchev–Trinajstić information content (AvgIpc) is 2.96. The minimum Gasteiger partial charge on any atom is -0.497 e. The molecule has 0 bridgehead atoms. The predicted molar refractivity (Wildman–Crippen MR) is 92.3 cm³/mol. The van der Waals surface area contributed by atoms with Crippen LogP contribution >= 0.6 is 0 Å². The number of benzene rings is 1. The molecule has 0 aromatic heterocycles. The number of ether oxygens (including phenoxy) is 1. The van der Waals surface area contributed by atoms with Crippen molar-refractivity contribution in [2.24, 2.45) is 15.7 Å². The standard InChI is InChI=1S/C18H24N2O4/c1-12(13-7-9-14(22-6)10-8-13)19-23-16(21)18(5)11-15(20-24-18)17(2,3)4/h7-10H,11H2,1-6H3/b19-12+. The number of carbonyl (C=O) groups excluding carboxylic acids is 1. The third-order valence-corrected chi connectivity index (χ3v) is 3.93. The van der Waals surface area contributed by atoms with Crippen molar-refractivity contribution in [3.05, 3.63) is 29.8 Å². The van der Waals surface area contributed by atoms with Gasteiger partial charge in [0.1, 0.15) is 5.75 Å². The van der Waals surface area contributed by atoms with Crippen molar-refractivity contribution in [1.29, 1.82) is 0 Å². The Labute approximate surface area is 142 Å². The second kappa shape index (κ2) is 6.63. The third-order valence-electron chi connectivity index (χ3n) is 3.93. The summed E-state index contributed by atoms with van der Waals surface area (Å²) >= 11 is 0. The van der Waals surface area contributed by atoms with E-state index in [9.17, 15) is 4.79 Å². The molecule has 0 radical (unpaired) electrons. The van der Waals surface area contributed by atoms with Crippen molar-refractivity contribution in [3.8, 4) is 5.75 Å². The van der Waals surface area contributed by atoms with E-state index in [0.29, 0.717) is 12.1 Å². The van der Waals surface area contributed by atoms with E-state index in [1.807, 2.05) is 45.0 Å². The Bertz CT molecular complexity index is 671. The van der Waals surface area contributed by atoms with Gasteiger partial charge in [-0.25, -0.2) is 4.79 Å². The normalized spacial score (nSPS) is 21.1. The monoisotopic (exact) mass is 332 g/mol. The van der Waals surface area contributed by atoms with Crippen molar-refractivity contribution in [3.63, 3.8) is 0 Å². The van der Waals surface area contributed by atoms with Gasteiger partial charge in [-0.1, -0.05) is 31.1 Å². The number of nitrogens with zero attached hydrogens (tertiary/aromatic N) is 2. The van der Waals surface area contributed by atoms with Gasteiger partial charge in [-0.15, -0.1) is 0 Å². The van der Waals surface area contributed by atoms with Gasteiger partial charge >= 0.3 is 5.97 Å². The van der Waals surface area contributed by atoms with Crippen LogP contribution in [0, 0.1) is 5.41 Å². The van der Waals surface area contributed by atoms with Crippen LogP contribution in [-0.4, -0.2) is 30.1 Å². The summed E-state index contributed by atoms with van der Waals surface area (Å²) in [5, 5.41) is 7.96. The third kappa shape index (κ3) is 3.93. The minimum atomic E-state index is -1.13. The van der Waals surface area contributed by atoms with Gasteiger partial charge in [0, 0.05) is 11.8 Å². The summed E-state index contributed by atoms with van der Waals surface area (Å²) in [6.45, 7) is 9.51. The lowest BCUT2D eigenvalue weighted by Crippen LogP contribution is -2.37. The number of hydrogen-bond donors (Lipinski definition) is 0. The molecule has 1 unspecified atom stereocenters. The van der Waals surface area contributed by atoms with E-state index >= 15 is 0 Å². The van der Waals surface area contributed by atoms with Crippen molar-refractivity contribution in [1.82, 2.24) is 0 Å². The van der Waals surface area contributed by atoms with Crippen LogP contribution in [0.3, 0.4) is 0 Å². The van der Waals surface area contributed by atoms with Gasteiger partial charge in [0.2, 0.25) is 5.60 Å². The molecule has 1 aromatic carbocycles. The maximum absolute atomic E-state index is 12.3. The summed E-state index contributed by atoms with van der Waals surface area (Å²) < 4.78 is 5.11. The summed E-state index contributed by atoms with van der Waals surface area (Å²) in [5.74, 6) is 0.195. The molecule has 1 atom stereocenters. The first kappa shape index (κ1) is 18.0. The van der Waals surface area contributed by atoms with E-state index < -0.39 is 11.6 Å². The molecule has 1 aliphatic rings. The second-order valence-corrected chi connectivity index (χ2v) is 7.07. The maximum Gasteiger partial charge on any atom is 0.381 e. The molecule has 0 aliphatic carbocycles. The first-order valence-electron chi connectivity index (χ1n) is 7.82. The fourth-order valence-corrected chi connectivity index (χ4v) is 2.14. The van der Waals surface area contributed by atoms with E-state index in [-0.39, 0.29) is 5.41 Å². The van der Waals surface area contributed by atoms with E-state index in [2.05, 4.69) is 10.3 Å². The van der Waals surface area contributed by atoms with Crippen LogP contribution in [0.25, 0.3) is 0 Å². The number of hydrogen-bond acceptors (Lipinski definition) is 6. The van der Waals surface area contributed by atoms with Gasteiger partial charge in [-0.2, -0.15) is 0 Å². The van der Waals surface area contributed by atoms with Crippen LogP contribution in [0.1, 0.15) is 46.6 Å². The quantitative estimate of drug-likeness (QED) is 0.480. The zero-order valence-corrected chi connectivity index (χ0v) is 15.0. The molecular weight excluding hydrogens is 308 g/mol. The molecule has 1 aromatic rings. The van der Waals surface area contributed by atoms with Gasteiger partial charge in [-0.3, -0.25) is 0 Å². The second-order valence-electron chi connectivity index (χ2n) is 7.07. The van der Waals surface area contributed by atoms with Gasteiger partial charge in [0.25, 0.3) is 0 Å². The fourth-order valence-electron chi connectivity index (χ4n) is 2.14. The highest BCUT2D eigenvalue weighted by molar-refractivity contribution is 5.99. The van der Waals surface area contributed by atoms with Gasteiger partial charge in [-0.05, 0) is 43.7 Å². The molecule has 130 valence electrons. The first-order valence-corrected chi connectivity index (χ1v) is 7.82. The van der Waals surface area contributed by atoms with Crippen molar-refractivity contribution >= 4 is 17.4 Å². The van der Waals surface area contributed by atoms with Gasteiger partial charge in [0.15, 0.2) is 0 Å². The Kier molecular flexibility index (Phi) is 4.96. The van der Waals surface area contributed by atoms with E-state index in [1.54, 1.807) is 21.0 Å². The van der Waals surface area contributed by atoms with Crippen LogP contribution < -0.4 is 4.74 Å². The number of carbonyl (C=O) groups is 1. The largest absolute Gasteiger partial charge is 0.497 e. The van der Waals surface area contributed by atoms with E-state index in [0.717, 1.165) is 17.0 Å². The van der Waals surface area contributed by atoms with Crippen LogP contribution in [0.5, 0.6) is 5.75 Å². The van der Waals surface area contributed by atoms with Crippen LogP contribution in [0.15, 0.2) is 34.6 Å². The summed E-state index contributed by atoms with van der Waals surface area (Å²) in [6, 6.07) is 7.34. The zero-order chi connectivity index (χ0) is 18.0. The average molecular weight is 332 g/mol. The Morgan fingerprint density at radius 1 is 1.29 bits per heavy atom. The van der Waals surface area contributed by atoms with Gasteiger partial charge < -0.3 is 14.4 Å². The Hall–Kier alpha value is -2.37. The number of rotatable bonds is 4. The Morgan fingerprint density at radius 2 is 1.92 bits per heavy atom. The SMILES string of the molecule is COc1ccc(/C(C)=N/OC(=O)C2(C)CC(C(C)(C)C)=NO2)cc1. The van der Waals surface area contributed by atoms with Crippen LogP contribution in [0.4, 0.5) is 0 Å². The molecule has 0 N–H and O–H groups in total. The molecule has 0 saturated carbocycles. The molecule has 0 spiro atoms. The first-order chi connectivity index (χ1) is 11.2. The lowest BCUT2D eigenvalue weighted by Gasteiger charge is -2.20. The lowest BCUT2D eigenvalue weighted by atomic mass is 9.84. The van der Waals surface area contributed by atoms with Crippen molar-refractivity contribution in [2.75, 3.05) is 7.11 Å². The van der Waals surface area contributed by atoms with Crippen molar-refractivity contribution < 1.29 is 19.2 Å². The molecular formula is C18H24N2O4. The minimum absolute atomic E-state index is 0.152. The molecule has 24 heavy (non-hydrogen) atoms. The lowest BCUT2D eigenvalue weighted by molar-refractivity contribution is -0.167. The fraction of sp³-hybridized carbons (Fsp3) is 0.500. The predicted octanol–water partition coefficient (Wildman–Crippen LogP) is 3.54. The maximum atomic E-state index is 12.3. The van der Waals surface area contributed by atoms with Crippen LogP contribution in [-0.2, 0) is 14.5 Å². The van der Waals surface area contributed by atoms with E-state index in [4.69, 9.17) is 14.4 Å². The highest BCUT2D eigenvalue weighted by Crippen LogP contribution is 2.32. The van der Waals surface area contributed by atoms with Gasteiger partial charge in [0.05, 0.1) is 18.5 Å². The Balaban J connectivity index is 2.02. The molecule has 1 aliphatic heterocycles.